The van der Waals surface area contributed by atoms with E-state index in [1.807, 2.05) is 0 Å². The molecule has 0 heterocycles. The van der Waals surface area contributed by atoms with Crippen molar-refractivity contribution in [2.75, 3.05) is 12.9 Å². The molecule has 6 aromatic rings. The average molecular weight is 1350 g/mol. The number of ether oxygens (including phenoxy) is 5. The minimum atomic E-state index is -3.65. The zero-order chi connectivity index (χ0) is 66.0. The molecule has 4 unspecified atom stereocenters. The maximum absolute atomic E-state index is 13.2. The number of aliphatic carboxylic acids is 1. The molecule has 8 aliphatic rings. The zero-order valence-corrected chi connectivity index (χ0v) is 51.1. The number of halogens is 11. The van der Waals surface area contributed by atoms with E-state index in [0.29, 0.717) is 63.6 Å². The van der Waals surface area contributed by atoms with Gasteiger partial charge in [-0.1, -0.05) is 19.0 Å². The molecule has 0 radical (unpaired) electrons. The molecule has 25 heteroatoms. The van der Waals surface area contributed by atoms with E-state index in [-0.39, 0.29) is 77.9 Å². The van der Waals surface area contributed by atoms with Crippen molar-refractivity contribution >= 4 is 69.2 Å². The van der Waals surface area contributed by atoms with Crippen LogP contribution in [0.1, 0.15) is 85.5 Å². The third-order valence-electron chi connectivity index (χ3n) is 16.0. The zero-order valence-electron chi connectivity index (χ0n) is 48.7. The predicted molar refractivity (Wildman–Crippen MR) is 318 cm³/mol. The highest BCUT2D eigenvalue weighted by Crippen LogP contribution is 2.57. The topological polar surface area (TPSA) is 169 Å². The quantitative estimate of drug-likeness (QED) is 0.0290. The second kappa shape index (κ2) is 30.9. The van der Waals surface area contributed by atoms with Crippen LogP contribution in [-0.2, 0) is 64.7 Å². The predicted octanol–water partition coefficient (Wildman–Crippen LogP) is 16.7. The molecule has 8 fully saturated rings. The first-order valence-corrected chi connectivity index (χ1v) is 31.5. The molecule has 6 aromatic carbocycles. The molecule has 492 valence electrons. The molecule has 1 N–H and O–H groups in total. The Labute approximate surface area is 534 Å². The molecule has 0 saturated heterocycles. The third kappa shape index (κ3) is 19.0. The lowest BCUT2D eigenvalue weighted by atomic mass is 9.53. The van der Waals surface area contributed by atoms with Gasteiger partial charge in [0.05, 0.1) is 21.8 Å². The summed E-state index contributed by atoms with van der Waals surface area (Å²) < 4.78 is 151. The number of esters is 1. The monoisotopic (exact) mass is 1350 g/mol. The Kier molecular flexibility index (Phi) is 24.1. The molecule has 92 heavy (non-hydrogen) atoms. The van der Waals surface area contributed by atoms with Gasteiger partial charge in [0.15, 0.2) is 35.4 Å². The van der Waals surface area contributed by atoms with Gasteiger partial charge in [0.1, 0.15) is 57.7 Å². The highest BCUT2D eigenvalue weighted by molar-refractivity contribution is 7.97. The second-order valence-corrected chi connectivity index (χ2v) is 27.2. The fraction of sp³-hybridized carbons (Fsp3) is 0.373. The number of carbonyl (C=O) groups is 6. The SMILES string of the molecule is C.CC(F)(F)C(=O)O.CC(F)(F)C(=O)OCOC(=O)OC12CC3CC(C1)C(=O)C(C3)C2.Fc1ccc([S+](c2ccc(F)cc2)c2ccc(F)cc2)cc1.Fc1ccc([S+](c2ccc(F)cc2)c2ccc(F)cc2)cc1.O=C(OCCl)OC12CC3CC(C1)C(=O)C(C3)C2. The van der Waals surface area contributed by atoms with E-state index in [4.69, 9.17) is 26.2 Å². The van der Waals surface area contributed by atoms with Crippen LogP contribution >= 0.6 is 11.6 Å². The van der Waals surface area contributed by atoms with Gasteiger partial charge in [-0.2, -0.15) is 17.6 Å². The van der Waals surface area contributed by atoms with Gasteiger partial charge in [0.2, 0.25) is 6.79 Å². The van der Waals surface area contributed by atoms with Crippen molar-refractivity contribution in [3.8, 4) is 0 Å². The smallest absolute Gasteiger partial charge is 0.477 e. The molecule has 8 saturated carbocycles. The van der Waals surface area contributed by atoms with E-state index >= 15 is 0 Å². The van der Waals surface area contributed by atoms with Gasteiger partial charge in [0.25, 0.3) is 0 Å². The van der Waals surface area contributed by atoms with Gasteiger partial charge in [-0.05, 0) is 222 Å². The molecular formula is C67H65ClF10O12S2+2. The molecule has 0 spiro atoms. The summed E-state index contributed by atoms with van der Waals surface area (Å²) in [4.78, 5) is 72.6. The largest absolute Gasteiger partial charge is 0.511 e. The number of ketones is 2. The van der Waals surface area contributed by atoms with Crippen molar-refractivity contribution in [1.29, 1.82) is 0 Å². The maximum Gasteiger partial charge on any atom is 0.511 e. The van der Waals surface area contributed by atoms with Crippen LogP contribution in [0.15, 0.2) is 175 Å². The normalized spacial score (nSPS) is 22.7. The van der Waals surface area contributed by atoms with E-state index in [2.05, 4.69) is 14.2 Å². The van der Waals surface area contributed by atoms with Crippen molar-refractivity contribution < 1.29 is 101 Å². The number of carboxylic acid groups (broad SMARTS) is 1. The summed E-state index contributed by atoms with van der Waals surface area (Å²) in [5.41, 5.74) is -1.16. The number of Topliss-reactive ketones (excluding diaryl/α,β-unsaturated/α-hetero) is 2. The first-order valence-electron chi connectivity index (χ1n) is 28.5. The number of hydrogen-bond acceptors (Lipinski definition) is 11. The minimum absolute atomic E-state index is 0. The first-order chi connectivity index (χ1) is 43.0. The third-order valence-corrected chi connectivity index (χ3v) is 20.6. The summed E-state index contributed by atoms with van der Waals surface area (Å²) in [7, 11) is -1.08. The highest BCUT2D eigenvalue weighted by atomic mass is 35.5. The van der Waals surface area contributed by atoms with Crippen LogP contribution < -0.4 is 0 Å². The van der Waals surface area contributed by atoms with E-state index in [1.165, 1.54) is 72.8 Å². The van der Waals surface area contributed by atoms with Gasteiger partial charge in [-0.15, -0.1) is 0 Å². The van der Waals surface area contributed by atoms with Crippen LogP contribution in [0.25, 0.3) is 0 Å². The van der Waals surface area contributed by atoms with Crippen LogP contribution in [-0.4, -0.2) is 76.8 Å². The Balaban J connectivity index is 0.000000168. The Morgan fingerprint density at radius 1 is 0.446 bits per heavy atom. The molecule has 0 amide bonds. The highest BCUT2D eigenvalue weighted by Gasteiger charge is 2.59. The minimum Gasteiger partial charge on any atom is -0.477 e. The summed E-state index contributed by atoms with van der Waals surface area (Å²) in [6.45, 7) is -0.207. The van der Waals surface area contributed by atoms with Crippen molar-refractivity contribution in [3.05, 3.63) is 180 Å². The molecule has 12 nitrogen and oxygen atoms in total. The van der Waals surface area contributed by atoms with Gasteiger partial charge in [-0.3, -0.25) is 9.59 Å². The lowest BCUT2D eigenvalue weighted by molar-refractivity contribution is -0.184. The van der Waals surface area contributed by atoms with Gasteiger partial charge >= 0.3 is 36.1 Å². The molecular weight excluding hydrogens is 1290 g/mol. The fourth-order valence-electron chi connectivity index (χ4n) is 12.6. The molecule has 8 aliphatic carbocycles. The Bertz CT molecular complexity index is 3120. The fourth-order valence-corrected chi connectivity index (χ4v) is 16.7. The van der Waals surface area contributed by atoms with Crippen LogP contribution in [0.5, 0.6) is 0 Å². The maximum atomic E-state index is 13.2. The number of rotatable bonds is 13. The Morgan fingerprint density at radius 2 is 0.685 bits per heavy atom. The molecule has 0 aromatic heterocycles. The van der Waals surface area contributed by atoms with E-state index in [0.717, 1.165) is 61.5 Å². The molecule has 0 aliphatic heterocycles. The second-order valence-electron chi connectivity index (χ2n) is 22.9. The number of hydrogen-bond donors (Lipinski definition) is 1. The Hall–Kier alpha value is -7.57. The summed E-state index contributed by atoms with van der Waals surface area (Å²) in [5, 5.41) is 7.50. The first kappa shape index (κ1) is 71.9. The number of carboxylic acids is 1. The van der Waals surface area contributed by atoms with Crippen molar-refractivity contribution in [3.63, 3.8) is 0 Å². The lowest BCUT2D eigenvalue weighted by Gasteiger charge is -2.54. The van der Waals surface area contributed by atoms with E-state index < -0.39 is 75.9 Å². The van der Waals surface area contributed by atoms with Crippen LogP contribution in [0.3, 0.4) is 0 Å². The average Bonchev–Trinajstić information content (AvgIpc) is 0.747. The number of benzene rings is 6. The van der Waals surface area contributed by atoms with Crippen LogP contribution in [0.2, 0.25) is 0 Å². The summed E-state index contributed by atoms with van der Waals surface area (Å²) in [6.07, 6.45) is 5.78. The van der Waals surface area contributed by atoms with Crippen LogP contribution in [0, 0.1) is 70.4 Å². The van der Waals surface area contributed by atoms with Crippen molar-refractivity contribution in [2.45, 2.75) is 138 Å². The molecule has 14 rings (SSSR count). The number of carbonyl (C=O) groups excluding carboxylic acids is 5. The van der Waals surface area contributed by atoms with Crippen molar-refractivity contribution in [1.82, 2.24) is 0 Å². The lowest BCUT2D eigenvalue weighted by Crippen LogP contribution is -2.56. The summed E-state index contributed by atoms with van der Waals surface area (Å²) in [5.74, 6) is -11.4. The summed E-state index contributed by atoms with van der Waals surface area (Å²) in [6, 6.07) is 36.9. The van der Waals surface area contributed by atoms with Gasteiger partial charge in [0, 0.05) is 37.5 Å². The molecule has 8 bridgehead atoms. The van der Waals surface area contributed by atoms with Crippen molar-refractivity contribution in [2.24, 2.45) is 35.5 Å². The molecule has 4 atom stereocenters. The van der Waals surface area contributed by atoms with E-state index in [1.54, 1.807) is 72.8 Å². The standard InChI is InChI=1S/2C18H12F3S.C15H18F2O6.C12H15ClO4.C3H4F2O2.CH4/c2*19-13-1-7-16(8-2-13)22(17-9-3-14(20)4-10-17)18-11-5-15(21)6-12-18;1-14(16,17)12(19)21-7-22-13(20)23-15-4-8-2-9(5-15)11(18)10(3-8)6-15;13-6-16-11(15)17-12-3-7-1-8(4-12)10(14)9(2-7)5-12;1-3(4,5)2(6)7;/h2*1-12H;8-10H,2-7H2,1H3;7-9H,1-6H2;1H3,(H,6,7);1H4/q2*+1;;;;. The number of alkyl halides is 5. The van der Waals surface area contributed by atoms with Crippen LogP contribution in [0.4, 0.5) is 53.5 Å². The van der Waals surface area contributed by atoms with Gasteiger partial charge in [-0.25, -0.2) is 45.5 Å². The Morgan fingerprint density at radius 3 is 0.902 bits per heavy atom. The summed E-state index contributed by atoms with van der Waals surface area (Å²) >= 11 is 5.33. The van der Waals surface area contributed by atoms with E-state index in [9.17, 15) is 72.7 Å². The van der Waals surface area contributed by atoms with Gasteiger partial charge < -0.3 is 28.8 Å².